The number of amides is 1. The van der Waals surface area contributed by atoms with Gasteiger partial charge in [0.2, 0.25) is 6.79 Å². The normalized spacial score (nSPS) is 18.3. The topological polar surface area (TPSA) is 60.9 Å². The van der Waals surface area contributed by atoms with Crippen molar-refractivity contribution in [1.82, 2.24) is 9.88 Å². The Kier molecular flexibility index (Phi) is 4.52. The van der Waals surface area contributed by atoms with Crippen molar-refractivity contribution in [3.8, 4) is 11.5 Å². The van der Waals surface area contributed by atoms with Gasteiger partial charge in [0.25, 0.3) is 5.91 Å². The molecule has 0 aliphatic carbocycles. The predicted molar refractivity (Wildman–Crippen MR) is 90.5 cm³/mol. The molecule has 1 amide bonds. The molecule has 1 atom stereocenters. The number of hydrogen-bond donors (Lipinski definition) is 0. The lowest BCUT2D eigenvalue weighted by Gasteiger charge is -2.25. The highest BCUT2D eigenvalue weighted by atomic mass is 16.7. The van der Waals surface area contributed by atoms with Gasteiger partial charge < -0.3 is 19.1 Å². The molecule has 0 radical (unpaired) electrons. The first kappa shape index (κ1) is 15.9. The Hall–Kier alpha value is -2.60. The summed E-state index contributed by atoms with van der Waals surface area (Å²) < 4.78 is 16.4. The van der Waals surface area contributed by atoms with Crippen LogP contribution in [-0.2, 0) is 11.3 Å². The molecular weight excluding hydrogens is 320 g/mol. The van der Waals surface area contributed by atoms with Crippen LogP contribution in [0.25, 0.3) is 0 Å². The number of hydrogen-bond acceptors (Lipinski definition) is 5. The number of fused-ring (bicyclic) bond motifs is 1. The molecule has 1 saturated heterocycles. The molecule has 2 aromatic rings. The fourth-order valence-electron chi connectivity index (χ4n) is 3.15. The van der Waals surface area contributed by atoms with Crippen molar-refractivity contribution < 1.29 is 19.0 Å². The monoisotopic (exact) mass is 340 g/mol. The van der Waals surface area contributed by atoms with Gasteiger partial charge in [0.1, 0.15) is 0 Å². The zero-order valence-electron chi connectivity index (χ0n) is 13.9. The van der Waals surface area contributed by atoms with Crippen LogP contribution >= 0.6 is 0 Å². The third-order valence-electron chi connectivity index (χ3n) is 4.43. The fraction of sp³-hybridized carbons (Fsp3) is 0.368. The number of carbonyl (C=O) groups is 1. The van der Waals surface area contributed by atoms with Crippen LogP contribution in [0.4, 0.5) is 0 Å². The molecule has 25 heavy (non-hydrogen) atoms. The maximum atomic E-state index is 13.1. The lowest BCUT2D eigenvalue weighted by molar-refractivity contribution is 0.0504. The van der Waals surface area contributed by atoms with Crippen LogP contribution in [0, 0.1) is 0 Å². The molecule has 1 fully saturated rings. The van der Waals surface area contributed by atoms with Gasteiger partial charge in [0, 0.05) is 24.9 Å². The van der Waals surface area contributed by atoms with Crippen LogP contribution in [0.5, 0.6) is 11.5 Å². The van der Waals surface area contributed by atoms with E-state index in [1.54, 1.807) is 29.3 Å². The molecular formula is C19H20N2O4. The molecule has 1 aromatic heterocycles. The highest BCUT2D eigenvalue weighted by Crippen LogP contribution is 2.33. The van der Waals surface area contributed by atoms with E-state index >= 15 is 0 Å². The molecule has 0 unspecified atom stereocenters. The van der Waals surface area contributed by atoms with Crippen LogP contribution in [-0.4, -0.2) is 41.8 Å². The van der Waals surface area contributed by atoms with Crippen LogP contribution in [0.1, 0.15) is 28.9 Å². The number of ether oxygens (including phenoxy) is 3. The zero-order chi connectivity index (χ0) is 17.1. The van der Waals surface area contributed by atoms with Crippen molar-refractivity contribution in [1.29, 1.82) is 0 Å². The Balaban J connectivity index is 1.56. The Labute approximate surface area is 146 Å². The van der Waals surface area contributed by atoms with E-state index in [1.807, 2.05) is 18.2 Å². The van der Waals surface area contributed by atoms with Crippen molar-refractivity contribution >= 4 is 5.91 Å². The van der Waals surface area contributed by atoms with Gasteiger partial charge in [-0.25, -0.2) is 0 Å². The van der Waals surface area contributed by atoms with E-state index in [1.165, 1.54) is 0 Å². The third kappa shape index (κ3) is 3.58. The van der Waals surface area contributed by atoms with Crippen molar-refractivity contribution in [2.75, 3.05) is 19.9 Å². The zero-order valence-corrected chi connectivity index (χ0v) is 13.9. The molecule has 0 spiro atoms. The molecule has 2 aliphatic rings. The molecule has 6 nitrogen and oxygen atoms in total. The largest absolute Gasteiger partial charge is 0.454 e. The van der Waals surface area contributed by atoms with Crippen LogP contribution in [0.15, 0.2) is 42.6 Å². The number of nitrogens with zero attached hydrogens (tertiary/aromatic N) is 2. The van der Waals surface area contributed by atoms with Gasteiger partial charge in [0.05, 0.1) is 18.3 Å². The molecule has 3 heterocycles. The van der Waals surface area contributed by atoms with E-state index in [0.29, 0.717) is 30.2 Å². The summed E-state index contributed by atoms with van der Waals surface area (Å²) in [6.45, 7) is 1.97. The Bertz CT molecular complexity index is 744. The van der Waals surface area contributed by atoms with Gasteiger partial charge >= 0.3 is 0 Å². The summed E-state index contributed by atoms with van der Waals surface area (Å²) in [4.78, 5) is 19.2. The lowest BCUT2D eigenvalue weighted by atomic mass is 10.1. The summed E-state index contributed by atoms with van der Waals surface area (Å²) in [5, 5.41) is 0. The fourth-order valence-corrected chi connectivity index (χ4v) is 3.15. The Morgan fingerprint density at radius 1 is 1.20 bits per heavy atom. The second-order valence-corrected chi connectivity index (χ2v) is 6.21. The van der Waals surface area contributed by atoms with E-state index in [0.717, 1.165) is 25.1 Å². The van der Waals surface area contributed by atoms with Crippen molar-refractivity contribution in [3.63, 3.8) is 0 Å². The average Bonchev–Trinajstić information content (AvgIpc) is 3.32. The number of aromatic nitrogens is 1. The van der Waals surface area contributed by atoms with Crippen molar-refractivity contribution in [2.45, 2.75) is 25.5 Å². The number of rotatable bonds is 5. The van der Waals surface area contributed by atoms with Gasteiger partial charge in [-0.1, -0.05) is 6.07 Å². The lowest BCUT2D eigenvalue weighted by Crippen LogP contribution is -2.37. The summed E-state index contributed by atoms with van der Waals surface area (Å²) in [7, 11) is 0. The highest BCUT2D eigenvalue weighted by Gasteiger charge is 2.25. The van der Waals surface area contributed by atoms with Crippen molar-refractivity contribution in [3.05, 3.63) is 53.9 Å². The molecule has 6 heteroatoms. The molecule has 130 valence electrons. The minimum atomic E-state index is -0.0561. The van der Waals surface area contributed by atoms with Gasteiger partial charge in [-0.15, -0.1) is 0 Å². The number of pyridine rings is 1. The quantitative estimate of drug-likeness (QED) is 0.837. The summed E-state index contributed by atoms with van der Waals surface area (Å²) in [5.41, 5.74) is 1.44. The van der Waals surface area contributed by atoms with Gasteiger partial charge in [-0.3, -0.25) is 9.78 Å². The minimum Gasteiger partial charge on any atom is -0.454 e. The molecule has 2 aliphatic heterocycles. The molecule has 0 saturated carbocycles. The third-order valence-corrected chi connectivity index (χ3v) is 4.43. The maximum Gasteiger partial charge on any atom is 0.254 e. The first-order chi connectivity index (χ1) is 12.3. The van der Waals surface area contributed by atoms with Crippen molar-refractivity contribution in [2.24, 2.45) is 0 Å². The van der Waals surface area contributed by atoms with Gasteiger partial charge in [0.15, 0.2) is 11.5 Å². The number of benzene rings is 1. The average molecular weight is 340 g/mol. The van der Waals surface area contributed by atoms with E-state index in [4.69, 9.17) is 14.2 Å². The Morgan fingerprint density at radius 3 is 2.92 bits per heavy atom. The molecule has 1 aromatic carbocycles. The second kappa shape index (κ2) is 7.11. The summed E-state index contributed by atoms with van der Waals surface area (Å²) in [5.74, 6) is 1.23. The first-order valence-electron chi connectivity index (χ1n) is 8.50. The maximum absolute atomic E-state index is 13.1. The van der Waals surface area contributed by atoms with Gasteiger partial charge in [-0.2, -0.15) is 0 Å². The molecule has 0 bridgehead atoms. The van der Waals surface area contributed by atoms with Gasteiger partial charge in [-0.05, 0) is 43.2 Å². The van der Waals surface area contributed by atoms with Crippen LogP contribution in [0.3, 0.4) is 0 Å². The SMILES string of the molecule is O=C(c1ccc2c(c1)OCO2)N(Cc1ccccn1)C[C@@H]1CCCO1. The summed E-state index contributed by atoms with van der Waals surface area (Å²) >= 11 is 0. The number of carbonyl (C=O) groups excluding carboxylic acids is 1. The second-order valence-electron chi connectivity index (χ2n) is 6.21. The summed E-state index contributed by atoms with van der Waals surface area (Å²) in [6, 6.07) is 11.0. The van der Waals surface area contributed by atoms with Crippen LogP contribution < -0.4 is 9.47 Å². The molecule has 0 N–H and O–H groups in total. The highest BCUT2D eigenvalue weighted by molar-refractivity contribution is 5.95. The minimum absolute atomic E-state index is 0.0561. The summed E-state index contributed by atoms with van der Waals surface area (Å²) in [6.07, 6.45) is 3.85. The smallest absolute Gasteiger partial charge is 0.254 e. The first-order valence-corrected chi connectivity index (χ1v) is 8.50. The predicted octanol–water partition coefficient (Wildman–Crippen LogP) is 2.63. The van der Waals surface area contributed by atoms with E-state index < -0.39 is 0 Å². The van der Waals surface area contributed by atoms with E-state index in [-0.39, 0.29) is 18.8 Å². The van der Waals surface area contributed by atoms with Crippen LogP contribution in [0.2, 0.25) is 0 Å². The Morgan fingerprint density at radius 2 is 2.12 bits per heavy atom. The molecule has 4 rings (SSSR count). The van der Waals surface area contributed by atoms with E-state index in [2.05, 4.69) is 4.98 Å². The standard InChI is InChI=1S/C19H20N2O4/c22-19(14-6-7-17-18(10-14)25-13-24-17)21(12-16-5-3-9-23-16)11-15-4-1-2-8-20-15/h1-2,4,6-8,10,16H,3,5,9,11-13H2/t16-/m0/s1. The van der Waals surface area contributed by atoms with E-state index in [9.17, 15) is 4.79 Å².